The molecule has 3 aliphatic rings. The van der Waals surface area contributed by atoms with Crippen molar-refractivity contribution in [3.8, 4) is 6.07 Å². The lowest BCUT2D eigenvalue weighted by atomic mass is 9.75. The summed E-state index contributed by atoms with van der Waals surface area (Å²) < 4.78 is 6.28. The minimum absolute atomic E-state index is 0.0312. The first-order valence-electron chi connectivity index (χ1n) is 10.4. The lowest BCUT2D eigenvalue weighted by molar-refractivity contribution is -0.327. The first-order valence-corrected chi connectivity index (χ1v) is 13.8. The van der Waals surface area contributed by atoms with Gasteiger partial charge in [-0.3, -0.25) is 4.84 Å². The summed E-state index contributed by atoms with van der Waals surface area (Å²) in [7, 11) is -1.57. The van der Waals surface area contributed by atoms with Crippen LogP contribution in [0.5, 0.6) is 0 Å². The molecule has 2 aliphatic carbocycles. The number of hydroxylamine groups is 2. The molecule has 25 heavy (non-hydrogen) atoms. The molecule has 0 N–H and O–H groups in total. The average Bonchev–Trinajstić information content (AvgIpc) is 2.60. The van der Waals surface area contributed by atoms with E-state index in [4.69, 9.17) is 9.26 Å². The van der Waals surface area contributed by atoms with Crippen LogP contribution in [0.15, 0.2) is 0 Å². The van der Waals surface area contributed by atoms with Gasteiger partial charge in [0.2, 0.25) is 0 Å². The van der Waals surface area contributed by atoms with Crippen LogP contribution in [0, 0.1) is 17.2 Å². The molecule has 1 saturated heterocycles. The zero-order valence-electron chi connectivity index (χ0n) is 16.4. The second kappa shape index (κ2) is 8.08. The highest BCUT2D eigenvalue weighted by Crippen LogP contribution is 2.45. The van der Waals surface area contributed by atoms with Crippen LogP contribution < -0.4 is 0 Å². The second-order valence-corrected chi connectivity index (χ2v) is 14.0. The second-order valence-electron chi connectivity index (χ2n) is 9.45. The zero-order valence-corrected chi connectivity index (χ0v) is 17.4. The van der Waals surface area contributed by atoms with Gasteiger partial charge in [-0.15, -0.1) is 0 Å². The summed E-state index contributed by atoms with van der Waals surface area (Å²) in [6.07, 6.45) is 13.4. The van der Waals surface area contributed by atoms with Crippen LogP contribution in [0.25, 0.3) is 0 Å². The van der Waals surface area contributed by atoms with Crippen LogP contribution >= 0.6 is 0 Å². The fraction of sp³-hybridized carbons (Fsp3) is 0.950. The van der Waals surface area contributed by atoms with Crippen LogP contribution in [-0.4, -0.2) is 37.7 Å². The van der Waals surface area contributed by atoms with Crippen molar-refractivity contribution >= 4 is 8.32 Å². The fourth-order valence-corrected chi connectivity index (χ4v) is 5.63. The molecule has 2 atom stereocenters. The standard InChI is InChI=1S/C20H36N2O2Si/c1-25(2,3)23-16-17-14-20(12-8-5-9-13-20)24-22(19(17)15-21)18-10-6-4-7-11-18/h17-19H,4-14,16H2,1-3H3. The molecule has 2 unspecified atom stereocenters. The Bertz CT molecular complexity index is 473. The minimum Gasteiger partial charge on any atom is -0.417 e. The Balaban J connectivity index is 1.80. The lowest BCUT2D eigenvalue weighted by Gasteiger charge is -2.52. The molecular weight excluding hydrogens is 328 g/mol. The van der Waals surface area contributed by atoms with Gasteiger partial charge in [-0.25, -0.2) is 0 Å². The summed E-state index contributed by atoms with van der Waals surface area (Å²) >= 11 is 0. The molecule has 3 fully saturated rings. The highest BCUT2D eigenvalue weighted by atomic mass is 28.4. The summed E-state index contributed by atoms with van der Waals surface area (Å²) in [5, 5.41) is 12.1. The largest absolute Gasteiger partial charge is 0.417 e. The van der Waals surface area contributed by atoms with Gasteiger partial charge in [0.15, 0.2) is 8.32 Å². The van der Waals surface area contributed by atoms with Gasteiger partial charge in [-0.2, -0.15) is 10.3 Å². The van der Waals surface area contributed by atoms with Crippen molar-refractivity contribution in [3.63, 3.8) is 0 Å². The predicted molar refractivity (Wildman–Crippen MR) is 102 cm³/mol. The molecule has 0 radical (unpaired) electrons. The van der Waals surface area contributed by atoms with Crippen LogP contribution in [0.3, 0.4) is 0 Å². The molecule has 1 spiro atoms. The summed E-state index contributed by atoms with van der Waals surface area (Å²) in [4.78, 5) is 6.69. The average molecular weight is 365 g/mol. The Kier molecular flexibility index (Phi) is 6.26. The van der Waals surface area contributed by atoms with Crippen LogP contribution in [0.2, 0.25) is 19.6 Å². The third-order valence-corrected chi connectivity index (χ3v) is 7.25. The summed E-state index contributed by atoms with van der Waals surface area (Å²) in [6.45, 7) is 7.44. The molecule has 0 aromatic heterocycles. The first-order chi connectivity index (χ1) is 11.9. The zero-order chi connectivity index (χ0) is 17.9. The lowest BCUT2D eigenvalue weighted by Crippen LogP contribution is -2.59. The van der Waals surface area contributed by atoms with E-state index in [-0.39, 0.29) is 17.6 Å². The quantitative estimate of drug-likeness (QED) is 0.657. The van der Waals surface area contributed by atoms with E-state index < -0.39 is 8.32 Å². The third kappa shape index (κ3) is 4.85. The van der Waals surface area contributed by atoms with Gasteiger partial charge in [0.25, 0.3) is 0 Å². The number of hydrogen-bond donors (Lipinski definition) is 0. The van der Waals surface area contributed by atoms with Crippen molar-refractivity contribution in [3.05, 3.63) is 0 Å². The Morgan fingerprint density at radius 1 is 1.08 bits per heavy atom. The van der Waals surface area contributed by atoms with Crippen molar-refractivity contribution in [1.29, 1.82) is 5.26 Å². The maximum absolute atomic E-state index is 9.96. The normalized spacial score (nSPS) is 31.8. The highest BCUT2D eigenvalue weighted by molar-refractivity contribution is 6.69. The van der Waals surface area contributed by atoms with Crippen molar-refractivity contribution in [1.82, 2.24) is 5.06 Å². The van der Waals surface area contributed by atoms with Gasteiger partial charge in [0, 0.05) is 18.6 Å². The molecule has 3 rings (SSSR count). The van der Waals surface area contributed by atoms with E-state index in [0.717, 1.165) is 25.9 Å². The van der Waals surface area contributed by atoms with E-state index in [9.17, 15) is 5.26 Å². The van der Waals surface area contributed by atoms with Crippen molar-refractivity contribution in [2.45, 2.75) is 108 Å². The fourth-order valence-electron chi connectivity index (χ4n) is 4.91. The molecule has 0 bridgehead atoms. The van der Waals surface area contributed by atoms with E-state index in [1.807, 2.05) is 0 Å². The molecule has 1 heterocycles. The molecular formula is C20H36N2O2Si. The van der Waals surface area contributed by atoms with E-state index in [1.165, 1.54) is 51.4 Å². The van der Waals surface area contributed by atoms with Crippen LogP contribution in [0.4, 0.5) is 0 Å². The van der Waals surface area contributed by atoms with Gasteiger partial charge in [-0.05, 0) is 51.7 Å². The summed E-state index contributed by atoms with van der Waals surface area (Å²) in [6, 6.07) is 2.87. The Morgan fingerprint density at radius 3 is 2.32 bits per heavy atom. The van der Waals surface area contributed by atoms with Gasteiger partial charge in [0.05, 0.1) is 11.7 Å². The van der Waals surface area contributed by atoms with Crippen LogP contribution in [0.1, 0.15) is 70.6 Å². The predicted octanol–water partition coefficient (Wildman–Crippen LogP) is 5.02. The van der Waals surface area contributed by atoms with Crippen molar-refractivity contribution in [2.75, 3.05) is 6.61 Å². The first kappa shape index (κ1) is 19.4. The smallest absolute Gasteiger partial charge is 0.183 e. The van der Waals surface area contributed by atoms with Crippen molar-refractivity contribution < 1.29 is 9.26 Å². The van der Waals surface area contributed by atoms with E-state index in [1.54, 1.807) is 0 Å². The highest BCUT2D eigenvalue weighted by Gasteiger charge is 2.49. The third-order valence-electron chi connectivity index (χ3n) is 6.22. The molecule has 142 valence electrons. The summed E-state index contributed by atoms with van der Waals surface area (Å²) in [5.41, 5.74) is -0.0312. The molecule has 2 saturated carbocycles. The monoisotopic (exact) mass is 364 g/mol. The molecule has 0 aromatic carbocycles. The van der Waals surface area contributed by atoms with Gasteiger partial charge in [-0.1, -0.05) is 38.5 Å². The number of nitriles is 1. The van der Waals surface area contributed by atoms with Crippen LogP contribution in [-0.2, 0) is 9.26 Å². The molecule has 5 heteroatoms. The Morgan fingerprint density at radius 2 is 1.72 bits per heavy atom. The van der Waals surface area contributed by atoms with E-state index >= 15 is 0 Å². The minimum atomic E-state index is -1.57. The van der Waals surface area contributed by atoms with Gasteiger partial charge < -0.3 is 4.43 Å². The molecule has 0 aromatic rings. The molecule has 4 nitrogen and oxygen atoms in total. The molecule has 0 amide bonds. The van der Waals surface area contributed by atoms with E-state index in [2.05, 4.69) is 30.8 Å². The number of rotatable bonds is 4. The van der Waals surface area contributed by atoms with Gasteiger partial charge >= 0.3 is 0 Å². The maximum Gasteiger partial charge on any atom is 0.183 e. The summed E-state index contributed by atoms with van der Waals surface area (Å²) in [5.74, 6) is 0.283. The number of nitrogens with zero attached hydrogens (tertiary/aromatic N) is 2. The SMILES string of the molecule is C[Si](C)(C)OCC1CC2(CCCCC2)ON(C2CCCCC2)C1C#N. The van der Waals surface area contributed by atoms with Gasteiger partial charge in [0.1, 0.15) is 6.04 Å². The van der Waals surface area contributed by atoms with E-state index in [0.29, 0.717) is 6.04 Å². The topological polar surface area (TPSA) is 45.5 Å². The Hall–Kier alpha value is -0.413. The number of hydrogen-bond acceptors (Lipinski definition) is 4. The Labute approximate surface area is 154 Å². The maximum atomic E-state index is 9.96. The van der Waals surface area contributed by atoms with Crippen molar-refractivity contribution in [2.24, 2.45) is 5.92 Å². The molecule has 1 aliphatic heterocycles.